The van der Waals surface area contributed by atoms with E-state index in [1.165, 1.54) is 12.1 Å². The molecule has 2 aromatic rings. The third-order valence-corrected chi connectivity index (χ3v) is 2.71. The van der Waals surface area contributed by atoms with Crippen molar-refractivity contribution in [2.24, 2.45) is 0 Å². The molecule has 114 valence electrons. The average Bonchev–Trinajstić information content (AvgIpc) is 2.48. The Morgan fingerprint density at radius 3 is 2.36 bits per heavy atom. The molecule has 2 rings (SSSR count). The number of aromatic carboxylic acids is 1. The molecule has 0 aromatic heterocycles. The Morgan fingerprint density at radius 1 is 1.05 bits per heavy atom. The lowest BCUT2D eigenvalue weighted by molar-refractivity contribution is -0.0118. The molecule has 22 heavy (non-hydrogen) atoms. The highest BCUT2D eigenvalue weighted by Gasteiger charge is 2.15. The maximum absolute atomic E-state index is 11.8. The lowest BCUT2D eigenvalue weighted by Crippen LogP contribution is -2.25. The standard InChI is InChI=1S/C16H15NO5/c1-11(21-12-7-3-2-4-8-12)22-16(20)17-14-10-6-5-9-13(14)15(18)19/h2-11H,1H3,(H,17,20)(H,18,19). The molecule has 0 radical (unpaired) electrons. The normalized spacial score (nSPS) is 11.3. The number of nitrogens with one attached hydrogen (secondary N) is 1. The molecule has 2 aromatic carbocycles. The molecule has 0 aliphatic carbocycles. The van der Waals surface area contributed by atoms with Crippen LogP contribution in [0, 0.1) is 0 Å². The van der Waals surface area contributed by atoms with Crippen LogP contribution in [0.5, 0.6) is 5.75 Å². The molecule has 1 amide bonds. The van der Waals surface area contributed by atoms with E-state index in [0.717, 1.165) is 0 Å². The summed E-state index contributed by atoms with van der Waals surface area (Å²) in [5.41, 5.74) is 0.142. The maximum atomic E-state index is 11.8. The second kappa shape index (κ2) is 7.12. The highest BCUT2D eigenvalue weighted by Crippen LogP contribution is 2.16. The lowest BCUT2D eigenvalue weighted by atomic mass is 10.2. The number of carbonyl (C=O) groups is 2. The third-order valence-electron chi connectivity index (χ3n) is 2.71. The van der Waals surface area contributed by atoms with Crippen molar-refractivity contribution < 1.29 is 24.2 Å². The molecular formula is C16H15NO5. The Hall–Kier alpha value is -3.02. The van der Waals surface area contributed by atoms with Gasteiger partial charge in [0.15, 0.2) is 0 Å². The molecule has 0 fully saturated rings. The Labute approximate surface area is 127 Å². The van der Waals surface area contributed by atoms with Crippen LogP contribution >= 0.6 is 0 Å². The first kappa shape index (κ1) is 15.4. The number of hydrogen-bond donors (Lipinski definition) is 2. The summed E-state index contributed by atoms with van der Waals surface area (Å²) >= 11 is 0. The molecule has 1 atom stereocenters. The molecule has 0 saturated carbocycles. The number of amides is 1. The van der Waals surface area contributed by atoms with Gasteiger partial charge < -0.3 is 14.6 Å². The fourth-order valence-electron chi connectivity index (χ4n) is 1.78. The van der Waals surface area contributed by atoms with Crippen molar-refractivity contribution >= 4 is 17.7 Å². The molecule has 0 spiro atoms. The summed E-state index contributed by atoms with van der Waals surface area (Å²) in [5.74, 6) is -0.571. The van der Waals surface area contributed by atoms with Crippen LogP contribution in [0.2, 0.25) is 0 Å². The summed E-state index contributed by atoms with van der Waals surface area (Å²) in [6.07, 6.45) is -1.61. The zero-order valence-corrected chi connectivity index (χ0v) is 11.9. The smallest absolute Gasteiger partial charge is 0.414 e. The predicted octanol–water partition coefficient (Wildman–Crippen LogP) is 3.36. The summed E-state index contributed by atoms with van der Waals surface area (Å²) in [6.45, 7) is 1.57. The van der Waals surface area contributed by atoms with Gasteiger partial charge in [-0.25, -0.2) is 9.59 Å². The second-order valence-corrected chi connectivity index (χ2v) is 4.38. The van der Waals surface area contributed by atoms with Gasteiger partial charge in [-0.05, 0) is 24.3 Å². The van der Waals surface area contributed by atoms with Gasteiger partial charge in [-0.15, -0.1) is 0 Å². The summed E-state index contributed by atoms with van der Waals surface area (Å²) in [7, 11) is 0. The number of carboxylic acid groups (broad SMARTS) is 1. The van der Waals surface area contributed by atoms with Crippen molar-refractivity contribution in [3.8, 4) is 5.75 Å². The molecule has 6 nitrogen and oxygen atoms in total. The number of ether oxygens (including phenoxy) is 2. The number of benzene rings is 2. The molecule has 0 aliphatic heterocycles. The van der Waals surface area contributed by atoms with Crippen LogP contribution in [-0.4, -0.2) is 23.5 Å². The van der Waals surface area contributed by atoms with E-state index in [9.17, 15) is 9.59 Å². The molecule has 0 aliphatic rings. The molecule has 0 saturated heterocycles. The minimum atomic E-state index is -1.13. The minimum Gasteiger partial charge on any atom is -0.478 e. The van der Waals surface area contributed by atoms with E-state index in [2.05, 4.69) is 5.32 Å². The number of anilines is 1. The highest BCUT2D eigenvalue weighted by atomic mass is 16.7. The predicted molar refractivity (Wildman–Crippen MR) is 80.0 cm³/mol. The average molecular weight is 301 g/mol. The van der Waals surface area contributed by atoms with E-state index in [1.54, 1.807) is 43.3 Å². The van der Waals surface area contributed by atoms with E-state index in [-0.39, 0.29) is 11.3 Å². The van der Waals surface area contributed by atoms with Gasteiger partial charge in [0.05, 0.1) is 11.3 Å². The van der Waals surface area contributed by atoms with Crippen molar-refractivity contribution in [2.75, 3.05) is 5.32 Å². The molecule has 6 heteroatoms. The van der Waals surface area contributed by atoms with Crippen LogP contribution < -0.4 is 10.1 Å². The van der Waals surface area contributed by atoms with Crippen LogP contribution in [0.15, 0.2) is 54.6 Å². The van der Waals surface area contributed by atoms with E-state index in [4.69, 9.17) is 14.6 Å². The van der Waals surface area contributed by atoms with Gasteiger partial charge in [0, 0.05) is 6.92 Å². The highest BCUT2D eigenvalue weighted by molar-refractivity contribution is 5.98. The van der Waals surface area contributed by atoms with Gasteiger partial charge in [-0.3, -0.25) is 5.32 Å². The molecule has 2 N–H and O–H groups in total. The van der Waals surface area contributed by atoms with Crippen LogP contribution in [0.25, 0.3) is 0 Å². The number of para-hydroxylation sites is 2. The van der Waals surface area contributed by atoms with E-state index in [1.807, 2.05) is 6.07 Å². The zero-order chi connectivity index (χ0) is 15.9. The number of rotatable bonds is 5. The van der Waals surface area contributed by atoms with Crippen molar-refractivity contribution in [3.63, 3.8) is 0 Å². The number of carboxylic acids is 1. The molecule has 0 bridgehead atoms. The minimum absolute atomic E-state index is 0.0175. The number of carbonyl (C=O) groups excluding carboxylic acids is 1. The van der Waals surface area contributed by atoms with Crippen molar-refractivity contribution in [2.45, 2.75) is 13.2 Å². The first-order chi connectivity index (χ1) is 10.6. The van der Waals surface area contributed by atoms with Gasteiger partial charge in [-0.2, -0.15) is 0 Å². The zero-order valence-electron chi connectivity index (χ0n) is 11.9. The second-order valence-electron chi connectivity index (χ2n) is 4.38. The third kappa shape index (κ3) is 4.24. The summed E-state index contributed by atoms with van der Waals surface area (Å²) < 4.78 is 10.4. The van der Waals surface area contributed by atoms with Gasteiger partial charge in [0.2, 0.25) is 6.29 Å². The first-order valence-electron chi connectivity index (χ1n) is 6.58. The fraction of sp³-hybridized carbons (Fsp3) is 0.125. The quantitative estimate of drug-likeness (QED) is 0.827. The SMILES string of the molecule is CC(OC(=O)Nc1ccccc1C(=O)O)Oc1ccccc1. The van der Waals surface area contributed by atoms with Crippen molar-refractivity contribution in [1.29, 1.82) is 0 Å². The van der Waals surface area contributed by atoms with E-state index >= 15 is 0 Å². The van der Waals surface area contributed by atoms with Crippen LogP contribution in [-0.2, 0) is 4.74 Å². The number of hydrogen-bond acceptors (Lipinski definition) is 4. The largest absolute Gasteiger partial charge is 0.478 e. The van der Waals surface area contributed by atoms with Gasteiger partial charge >= 0.3 is 12.1 Å². The van der Waals surface area contributed by atoms with Crippen LogP contribution in [0.4, 0.5) is 10.5 Å². The maximum Gasteiger partial charge on any atom is 0.414 e. The molecular weight excluding hydrogens is 286 g/mol. The molecule has 0 heterocycles. The van der Waals surface area contributed by atoms with Crippen molar-refractivity contribution in [3.05, 3.63) is 60.2 Å². The summed E-state index contributed by atoms with van der Waals surface area (Å²) in [4.78, 5) is 22.8. The van der Waals surface area contributed by atoms with Crippen molar-refractivity contribution in [1.82, 2.24) is 0 Å². The van der Waals surface area contributed by atoms with E-state index < -0.39 is 18.4 Å². The summed E-state index contributed by atoms with van der Waals surface area (Å²) in [5, 5.41) is 11.4. The van der Waals surface area contributed by atoms with Crippen LogP contribution in [0.1, 0.15) is 17.3 Å². The van der Waals surface area contributed by atoms with Crippen LogP contribution in [0.3, 0.4) is 0 Å². The topological polar surface area (TPSA) is 84.9 Å². The molecule has 1 unspecified atom stereocenters. The Kier molecular flexibility index (Phi) is 4.98. The van der Waals surface area contributed by atoms with Gasteiger partial charge in [-0.1, -0.05) is 30.3 Å². The van der Waals surface area contributed by atoms with E-state index in [0.29, 0.717) is 5.75 Å². The van der Waals surface area contributed by atoms with Gasteiger partial charge in [0.25, 0.3) is 0 Å². The Morgan fingerprint density at radius 2 is 1.68 bits per heavy atom. The Bertz CT molecular complexity index is 657. The first-order valence-corrected chi connectivity index (χ1v) is 6.58. The van der Waals surface area contributed by atoms with Gasteiger partial charge in [0.1, 0.15) is 5.75 Å². The summed E-state index contributed by atoms with van der Waals surface area (Å²) in [6, 6.07) is 15.0. The monoisotopic (exact) mass is 301 g/mol. The lowest BCUT2D eigenvalue weighted by Gasteiger charge is -2.16. The fourth-order valence-corrected chi connectivity index (χ4v) is 1.78. The Balaban J connectivity index is 1.94.